The average molecular weight is 280 g/mol. The Bertz CT molecular complexity index is 502. The van der Waals surface area contributed by atoms with Crippen molar-refractivity contribution in [1.82, 2.24) is 10.2 Å². The first-order chi connectivity index (χ1) is 9.40. The number of carbonyl (C=O) groups is 2. The first kappa shape index (κ1) is 15.8. The van der Waals surface area contributed by atoms with Crippen LogP contribution >= 0.6 is 0 Å². The van der Waals surface area contributed by atoms with Gasteiger partial charge >= 0.3 is 0 Å². The Hall–Kier alpha value is -2.24. The number of methoxy groups -OCH3 is 1. The fourth-order valence-electron chi connectivity index (χ4n) is 1.72. The summed E-state index contributed by atoms with van der Waals surface area (Å²) >= 11 is 0. The van der Waals surface area contributed by atoms with E-state index in [9.17, 15) is 14.7 Å². The highest BCUT2D eigenvalue weighted by Crippen LogP contribution is 2.26. The Kier molecular flexibility index (Phi) is 5.37. The Balaban J connectivity index is 2.86. The van der Waals surface area contributed by atoms with Gasteiger partial charge in [-0.3, -0.25) is 9.59 Å². The summed E-state index contributed by atoms with van der Waals surface area (Å²) in [6.07, 6.45) is 0.230. The molecule has 1 aromatic carbocycles. The Morgan fingerprint density at radius 3 is 2.65 bits per heavy atom. The van der Waals surface area contributed by atoms with Gasteiger partial charge in [0.1, 0.15) is 0 Å². The third-order valence-electron chi connectivity index (χ3n) is 3.17. The highest BCUT2D eigenvalue weighted by molar-refractivity contribution is 5.95. The first-order valence-electron chi connectivity index (χ1n) is 6.25. The van der Waals surface area contributed by atoms with E-state index in [4.69, 9.17) is 4.74 Å². The predicted molar refractivity (Wildman–Crippen MR) is 74.9 cm³/mol. The maximum absolute atomic E-state index is 12.3. The predicted octanol–water partition coefficient (Wildman–Crippen LogP) is 0.997. The lowest BCUT2D eigenvalue weighted by Crippen LogP contribution is -2.38. The largest absolute Gasteiger partial charge is 0.504 e. The third kappa shape index (κ3) is 3.63. The van der Waals surface area contributed by atoms with Crippen LogP contribution in [-0.4, -0.2) is 49.1 Å². The molecule has 0 fully saturated rings. The molecule has 0 aliphatic carbocycles. The highest BCUT2D eigenvalue weighted by atomic mass is 16.5. The van der Waals surface area contributed by atoms with Crippen LogP contribution in [0.2, 0.25) is 0 Å². The van der Waals surface area contributed by atoms with Gasteiger partial charge < -0.3 is 20.1 Å². The number of ether oxygens (including phenoxy) is 1. The van der Waals surface area contributed by atoms with Gasteiger partial charge in [-0.2, -0.15) is 0 Å². The molecule has 1 unspecified atom stereocenters. The van der Waals surface area contributed by atoms with Crippen molar-refractivity contribution in [3.63, 3.8) is 0 Å². The molecule has 1 rings (SSSR count). The van der Waals surface area contributed by atoms with Gasteiger partial charge in [-0.25, -0.2) is 0 Å². The van der Waals surface area contributed by atoms with Crippen molar-refractivity contribution < 1.29 is 19.4 Å². The number of hydrogen-bond donors (Lipinski definition) is 2. The number of carbonyl (C=O) groups excluding carboxylic acids is 2. The molecule has 0 aliphatic heterocycles. The van der Waals surface area contributed by atoms with Crippen molar-refractivity contribution in [2.45, 2.75) is 19.4 Å². The Morgan fingerprint density at radius 1 is 1.45 bits per heavy atom. The fraction of sp³-hybridized carbons (Fsp3) is 0.429. The number of hydrogen-bond acceptors (Lipinski definition) is 4. The molecule has 2 amide bonds. The zero-order valence-corrected chi connectivity index (χ0v) is 12.1. The van der Waals surface area contributed by atoms with E-state index in [0.29, 0.717) is 5.56 Å². The van der Waals surface area contributed by atoms with E-state index in [1.165, 1.54) is 30.2 Å². The summed E-state index contributed by atoms with van der Waals surface area (Å²) in [7, 11) is 4.61. The van der Waals surface area contributed by atoms with Crippen LogP contribution < -0.4 is 10.1 Å². The van der Waals surface area contributed by atoms with Gasteiger partial charge in [0.2, 0.25) is 5.91 Å². The Labute approximate surface area is 118 Å². The van der Waals surface area contributed by atoms with Crippen LogP contribution in [0.25, 0.3) is 0 Å². The zero-order valence-electron chi connectivity index (χ0n) is 12.1. The summed E-state index contributed by atoms with van der Waals surface area (Å²) in [6, 6.07) is 4.16. The minimum Gasteiger partial charge on any atom is -0.504 e. The fourth-order valence-corrected chi connectivity index (χ4v) is 1.72. The molecule has 0 bridgehead atoms. The lowest BCUT2D eigenvalue weighted by molar-refractivity contribution is -0.121. The second-order valence-corrected chi connectivity index (χ2v) is 4.53. The van der Waals surface area contributed by atoms with Crippen LogP contribution in [0.4, 0.5) is 0 Å². The van der Waals surface area contributed by atoms with Gasteiger partial charge in [0.25, 0.3) is 5.91 Å². The van der Waals surface area contributed by atoms with Crippen molar-refractivity contribution in [2.24, 2.45) is 0 Å². The van der Waals surface area contributed by atoms with Crippen LogP contribution in [0, 0.1) is 0 Å². The lowest BCUT2D eigenvalue weighted by Gasteiger charge is -2.24. The van der Waals surface area contributed by atoms with E-state index in [-0.39, 0.29) is 35.8 Å². The van der Waals surface area contributed by atoms with E-state index >= 15 is 0 Å². The second-order valence-electron chi connectivity index (χ2n) is 4.53. The standard InChI is InChI=1S/C14H20N2O4/c1-9(7-13(18)15-2)16(3)14(19)10-5-6-11(17)12(8-10)20-4/h5-6,8-9,17H,7H2,1-4H3,(H,15,18). The molecule has 110 valence electrons. The number of nitrogens with zero attached hydrogens (tertiary/aromatic N) is 1. The molecule has 0 aliphatic rings. The minimum atomic E-state index is -0.236. The van der Waals surface area contributed by atoms with E-state index in [2.05, 4.69) is 5.32 Å². The quantitative estimate of drug-likeness (QED) is 0.843. The van der Waals surface area contributed by atoms with Gasteiger partial charge in [-0.15, -0.1) is 0 Å². The normalized spacial score (nSPS) is 11.6. The number of nitrogens with one attached hydrogen (secondary N) is 1. The van der Waals surface area contributed by atoms with Crippen molar-refractivity contribution in [3.05, 3.63) is 23.8 Å². The molecule has 0 saturated carbocycles. The highest BCUT2D eigenvalue weighted by Gasteiger charge is 2.20. The van der Waals surface area contributed by atoms with E-state index in [1.807, 2.05) is 0 Å². The van der Waals surface area contributed by atoms with Crippen molar-refractivity contribution in [1.29, 1.82) is 0 Å². The van der Waals surface area contributed by atoms with Gasteiger partial charge in [-0.1, -0.05) is 0 Å². The van der Waals surface area contributed by atoms with E-state index < -0.39 is 0 Å². The summed E-state index contributed by atoms with van der Waals surface area (Å²) in [5.74, 6) is -0.145. The molecule has 0 spiro atoms. The number of aromatic hydroxyl groups is 1. The van der Waals surface area contributed by atoms with Gasteiger partial charge in [0, 0.05) is 32.1 Å². The molecule has 6 nitrogen and oxygen atoms in total. The number of phenols is 1. The Morgan fingerprint density at radius 2 is 2.10 bits per heavy atom. The maximum Gasteiger partial charge on any atom is 0.253 e. The van der Waals surface area contributed by atoms with E-state index in [0.717, 1.165) is 0 Å². The number of benzene rings is 1. The number of amides is 2. The summed E-state index contributed by atoms with van der Waals surface area (Å²) in [4.78, 5) is 25.1. The first-order valence-corrected chi connectivity index (χ1v) is 6.25. The lowest BCUT2D eigenvalue weighted by atomic mass is 10.1. The molecule has 0 aromatic heterocycles. The van der Waals surface area contributed by atoms with Crippen LogP contribution in [0.3, 0.4) is 0 Å². The van der Waals surface area contributed by atoms with Gasteiger partial charge in [0.05, 0.1) is 7.11 Å². The van der Waals surface area contributed by atoms with Crippen molar-refractivity contribution >= 4 is 11.8 Å². The molecular formula is C14H20N2O4. The molecule has 1 atom stereocenters. The SMILES string of the molecule is CNC(=O)CC(C)N(C)C(=O)c1ccc(O)c(OC)c1. The van der Waals surface area contributed by atoms with Crippen LogP contribution in [0.15, 0.2) is 18.2 Å². The van der Waals surface area contributed by atoms with Crippen molar-refractivity contribution in [2.75, 3.05) is 21.2 Å². The number of phenolic OH excluding ortho intramolecular Hbond substituents is 1. The smallest absolute Gasteiger partial charge is 0.253 e. The molecule has 1 aromatic rings. The van der Waals surface area contributed by atoms with Gasteiger partial charge in [-0.05, 0) is 25.1 Å². The van der Waals surface area contributed by atoms with E-state index in [1.54, 1.807) is 21.0 Å². The van der Waals surface area contributed by atoms with Crippen molar-refractivity contribution in [3.8, 4) is 11.5 Å². The van der Waals surface area contributed by atoms with Crippen LogP contribution in [0.5, 0.6) is 11.5 Å². The molecular weight excluding hydrogens is 260 g/mol. The monoisotopic (exact) mass is 280 g/mol. The molecule has 20 heavy (non-hydrogen) atoms. The molecule has 0 radical (unpaired) electrons. The zero-order chi connectivity index (χ0) is 15.3. The molecule has 0 saturated heterocycles. The molecule has 6 heteroatoms. The molecule has 0 heterocycles. The van der Waals surface area contributed by atoms with Crippen LogP contribution in [-0.2, 0) is 4.79 Å². The maximum atomic E-state index is 12.3. The summed E-state index contributed by atoms with van der Waals surface area (Å²) in [6.45, 7) is 1.80. The topological polar surface area (TPSA) is 78.9 Å². The molecule has 2 N–H and O–H groups in total. The summed E-state index contributed by atoms with van der Waals surface area (Å²) in [5, 5.41) is 12.0. The van der Waals surface area contributed by atoms with Gasteiger partial charge in [0.15, 0.2) is 11.5 Å². The van der Waals surface area contributed by atoms with Crippen LogP contribution in [0.1, 0.15) is 23.7 Å². The third-order valence-corrected chi connectivity index (χ3v) is 3.17. The summed E-state index contributed by atoms with van der Waals surface area (Å²) in [5.41, 5.74) is 0.394. The average Bonchev–Trinajstić information content (AvgIpc) is 2.45. The minimum absolute atomic E-state index is 0.0230. The second kappa shape index (κ2) is 6.79. The number of rotatable bonds is 5. The summed E-state index contributed by atoms with van der Waals surface area (Å²) < 4.78 is 4.97.